The molecule has 140 valence electrons. The number of ether oxygens (including phenoxy) is 2. The van der Waals surface area contributed by atoms with Crippen LogP contribution in [0.4, 0.5) is 0 Å². The predicted molar refractivity (Wildman–Crippen MR) is 106 cm³/mol. The number of likely N-dealkylation sites (N-methyl/N-ethyl adjacent to an activating group) is 1. The monoisotopic (exact) mass is 374 g/mol. The van der Waals surface area contributed by atoms with E-state index in [1.54, 1.807) is 7.11 Å². The molecule has 2 aliphatic heterocycles. The Labute approximate surface area is 161 Å². The Morgan fingerprint density at radius 2 is 2.27 bits per heavy atom. The van der Waals surface area contributed by atoms with Gasteiger partial charge in [-0.1, -0.05) is 18.7 Å². The van der Waals surface area contributed by atoms with Crippen molar-refractivity contribution in [3.63, 3.8) is 0 Å². The first kappa shape index (κ1) is 17.9. The molecule has 3 aliphatic rings. The van der Waals surface area contributed by atoms with Crippen LogP contribution in [0.2, 0.25) is 0 Å². The van der Waals surface area contributed by atoms with E-state index in [4.69, 9.17) is 21.1 Å². The van der Waals surface area contributed by atoms with Crippen LogP contribution >= 0.6 is 11.6 Å². The maximum atomic E-state index is 6.49. The molecule has 2 heterocycles. The summed E-state index contributed by atoms with van der Waals surface area (Å²) < 4.78 is 13.2. The summed E-state index contributed by atoms with van der Waals surface area (Å²) in [7, 11) is 4.09. The maximum Gasteiger partial charge on any atom is 0.166 e. The molecule has 1 aromatic rings. The Kier molecular flexibility index (Phi) is 4.16. The van der Waals surface area contributed by atoms with Gasteiger partial charge in [-0.2, -0.15) is 0 Å². The number of quaternary nitrogens is 1. The lowest BCUT2D eigenvalue weighted by Gasteiger charge is -2.37. The summed E-state index contributed by atoms with van der Waals surface area (Å²) in [6, 6.07) is 2.14. The topological polar surface area (TPSA) is 18.5 Å². The van der Waals surface area contributed by atoms with Crippen LogP contribution in [0.1, 0.15) is 36.5 Å². The lowest BCUT2D eigenvalue weighted by atomic mass is 9.69. The highest BCUT2D eigenvalue weighted by atomic mass is 35.5. The second-order valence-electron chi connectivity index (χ2n) is 8.70. The molecular weight excluding hydrogens is 346 g/mol. The number of alkyl halides is 1. The predicted octanol–water partition coefficient (Wildman–Crippen LogP) is 4.50. The number of halogens is 1. The van der Waals surface area contributed by atoms with Gasteiger partial charge in [-0.25, -0.2) is 0 Å². The third-order valence-electron chi connectivity index (χ3n) is 6.39. The molecule has 0 saturated heterocycles. The van der Waals surface area contributed by atoms with Crippen molar-refractivity contribution in [2.75, 3.05) is 27.2 Å². The van der Waals surface area contributed by atoms with Crippen LogP contribution in [0.25, 0.3) is 0 Å². The van der Waals surface area contributed by atoms with Gasteiger partial charge in [0.25, 0.3) is 0 Å². The first-order chi connectivity index (χ1) is 12.3. The lowest BCUT2D eigenvalue weighted by molar-refractivity contribution is -0.918. The minimum atomic E-state index is -0.0829. The third-order valence-corrected chi connectivity index (χ3v) is 6.72. The van der Waals surface area contributed by atoms with Crippen LogP contribution in [0.15, 0.2) is 30.4 Å². The highest BCUT2D eigenvalue weighted by molar-refractivity contribution is 6.21. The second kappa shape index (κ2) is 6.03. The molecule has 4 atom stereocenters. The summed E-state index contributed by atoms with van der Waals surface area (Å²) >= 11 is 6.46. The summed E-state index contributed by atoms with van der Waals surface area (Å²) in [6.45, 7) is 11.6. The molecule has 0 bridgehead atoms. The Morgan fingerprint density at radius 3 is 2.96 bits per heavy atom. The van der Waals surface area contributed by atoms with Crippen molar-refractivity contribution in [1.29, 1.82) is 0 Å². The molecular formula is C22H29ClNO2+. The number of nitrogens with zero attached hydrogens (tertiary/aromatic N) is 1. The van der Waals surface area contributed by atoms with Crippen molar-refractivity contribution in [2.24, 2.45) is 0 Å². The zero-order valence-corrected chi connectivity index (χ0v) is 17.0. The molecule has 4 unspecified atom stereocenters. The molecule has 3 nitrogen and oxygen atoms in total. The summed E-state index contributed by atoms with van der Waals surface area (Å²) in [6.07, 6.45) is 6.51. The first-order valence-electron chi connectivity index (χ1n) is 9.47. The van der Waals surface area contributed by atoms with E-state index in [1.807, 2.05) is 0 Å². The highest BCUT2D eigenvalue weighted by Gasteiger charge is 2.55. The van der Waals surface area contributed by atoms with Crippen LogP contribution < -0.4 is 9.47 Å². The van der Waals surface area contributed by atoms with Crippen molar-refractivity contribution < 1.29 is 14.0 Å². The van der Waals surface area contributed by atoms with Gasteiger partial charge < -0.3 is 14.0 Å². The van der Waals surface area contributed by atoms with E-state index in [1.165, 1.54) is 22.3 Å². The lowest BCUT2D eigenvalue weighted by Crippen LogP contribution is -2.47. The van der Waals surface area contributed by atoms with Gasteiger partial charge >= 0.3 is 0 Å². The summed E-state index contributed by atoms with van der Waals surface area (Å²) in [5.74, 6) is 1.79. The summed E-state index contributed by atoms with van der Waals surface area (Å²) in [5, 5.41) is 0.0371. The van der Waals surface area contributed by atoms with Crippen LogP contribution in [0.5, 0.6) is 11.5 Å². The molecule has 26 heavy (non-hydrogen) atoms. The largest absolute Gasteiger partial charge is 0.493 e. The smallest absolute Gasteiger partial charge is 0.166 e. The Balaban J connectivity index is 1.93. The van der Waals surface area contributed by atoms with E-state index < -0.39 is 0 Å². The summed E-state index contributed by atoms with van der Waals surface area (Å²) in [4.78, 5) is 0. The third kappa shape index (κ3) is 2.59. The molecule has 1 aliphatic carbocycles. The van der Waals surface area contributed by atoms with Crippen molar-refractivity contribution in [2.45, 2.75) is 50.1 Å². The van der Waals surface area contributed by atoms with Gasteiger partial charge in [-0.15, -0.1) is 11.6 Å². The summed E-state index contributed by atoms with van der Waals surface area (Å²) in [5.41, 5.74) is 5.21. The van der Waals surface area contributed by atoms with Crippen molar-refractivity contribution in [1.82, 2.24) is 0 Å². The molecule has 1 spiro atoms. The number of aryl methyl sites for hydroxylation is 1. The second-order valence-corrected chi connectivity index (χ2v) is 9.26. The van der Waals surface area contributed by atoms with Crippen molar-refractivity contribution in [3.8, 4) is 11.5 Å². The van der Waals surface area contributed by atoms with E-state index in [9.17, 15) is 0 Å². The highest BCUT2D eigenvalue weighted by Crippen LogP contribution is 2.57. The number of allylic oxidation sites excluding steroid dienone is 1. The number of rotatable bonds is 3. The van der Waals surface area contributed by atoms with E-state index in [2.05, 4.69) is 45.7 Å². The van der Waals surface area contributed by atoms with Crippen LogP contribution in [0.3, 0.4) is 0 Å². The Hall–Kier alpha value is -1.45. The normalized spacial score (nSPS) is 34.5. The standard InChI is InChI=1S/C22H29ClNO2/c1-14(2)12-24(4)9-8-22-7-6-16(23)11-19(22)26-21-18(25-5)10-15(3)17(13-24)20(21)22/h6-7,10,16,19H,1,8-9,11-13H2,2-5H3/q+1. The van der Waals surface area contributed by atoms with E-state index in [0.717, 1.165) is 48.5 Å². The zero-order chi connectivity index (χ0) is 18.7. The quantitative estimate of drug-likeness (QED) is 0.440. The molecule has 4 rings (SSSR count). The average Bonchev–Trinajstić information content (AvgIpc) is 2.82. The van der Waals surface area contributed by atoms with Gasteiger partial charge in [0, 0.05) is 24.0 Å². The van der Waals surface area contributed by atoms with Gasteiger partial charge in [0.05, 0.1) is 38.0 Å². The van der Waals surface area contributed by atoms with E-state index >= 15 is 0 Å². The van der Waals surface area contributed by atoms with Crippen LogP contribution in [-0.2, 0) is 12.0 Å². The molecule has 1 aromatic carbocycles. The van der Waals surface area contributed by atoms with Gasteiger partial charge in [-0.05, 0) is 31.1 Å². The van der Waals surface area contributed by atoms with Crippen molar-refractivity contribution >= 4 is 11.6 Å². The number of hydrogen-bond donors (Lipinski definition) is 0. The van der Waals surface area contributed by atoms with E-state index in [0.29, 0.717) is 0 Å². The molecule has 0 aromatic heterocycles. The number of benzene rings is 1. The maximum absolute atomic E-state index is 6.49. The Bertz CT molecular complexity index is 802. The fourth-order valence-electron chi connectivity index (χ4n) is 5.26. The molecule has 0 amide bonds. The van der Waals surface area contributed by atoms with Gasteiger partial charge in [0.2, 0.25) is 0 Å². The fraction of sp³-hybridized carbons (Fsp3) is 0.545. The van der Waals surface area contributed by atoms with Crippen LogP contribution in [0, 0.1) is 6.92 Å². The van der Waals surface area contributed by atoms with Gasteiger partial charge in [0.15, 0.2) is 11.5 Å². The van der Waals surface area contributed by atoms with Gasteiger partial charge in [0.1, 0.15) is 12.6 Å². The van der Waals surface area contributed by atoms with Gasteiger partial charge in [-0.3, -0.25) is 0 Å². The number of hydrogen-bond acceptors (Lipinski definition) is 2. The molecule has 4 heteroatoms. The first-order valence-corrected chi connectivity index (χ1v) is 9.90. The molecule has 0 radical (unpaired) electrons. The average molecular weight is 375 g/mol. The fourth-order valence-corrected chi connectivity index (χ4v) is 5.49. The zero-order valence-electron chi connectivity index (χ0n) is 16.3. The van der Waals surface area contributed by atoms with E-state index in [-0.39, 0.29) is 16.9 Å². The minimum absolute atomic E-state index is 0.0371. The van der Waals surface area contributed by atoms with Crippen molar-refractivity contribution in [3.05, 3.63) is 47.1 Å². The molecule has 0 N–H and O–H groups in total. The molecule has 0 fully saturated rings. The molecule has 0 saturated carbocycles. The minimum Gasteiger partial charge on any atom is -0.493 e. The SMILES string of the molecule is C=C(C)C[N+]1(C)CCC23C=CC(Cl)CC2Oc2c(OC)cc(C)c(c23)C1. The number of methoxy groups -OCH3 is 1. The Morgan fingerprint density at radius 1 is 1.50 bits per heavy atom. The van der Waals surface area contributed by atoms with Crippen LogP contribution in [-0.4, -0.2) is 43.2 Å².